The lowest BCUT2D eigenvalue weighted by atomic mass is 9.86. The van der Waals surface area contributed by atoms with Crippen molar-refractivity contribution in [2.24, 2.45) is 33.8 Å². The third-order valence-corrected chi connectivity index (χ3v) is 15.2. The Morgan fingerprint density at radius 2 is 1.08 bits per heavy atom. The molecule has 1 aliphatic rings. The summed E-state index contributed by atoms with van der Waals surface area (Å²) in [6.07, 6.45) is -4.53. The van der Waals surface area contributed by atoms with E-state index in [4.69, 9.17) is 15.9 Å². The topological polar surface area (TPSA) is 501 Å². The summed E-state index contributed by atoms with van der Waals surface area (Å²) in [6.45, 7) is 25.0. The van der Waals surface area contributed by atoms with Crippen molar-refractivity contribution in [2.75, 3.05) is 26.3 Å². The number of nitrogens with one attached hydrogen (secondary N) is 14. The van der Waals surface area contributed by atoms with Gasteiger partial charge in [0.05, 0.1) is 38.0 Å². The zero-order valence-corrected chi connectivity index (χ0v) is 59.3. The van der Waals surface area contributed by atoms with E-state index in [2.05, 4.69) is 69.1 Å². The first kappa shape index (κ1) is 84.9. The zero-order valence-electron chi connectivity index (χ0n) is 59.3. The quantitative estimate of drug-likeness (QED) is 0.0390. The predicted molar refractivity (Wildman–Crippen MR) is 358 cm³/mol. The minimum Gasteiger partial charge on any atom is -0.444 e. The van der Waals surface area contributed by atoms with E-state index in [-0.39, 0.29) is 50.6 Å². The lowest BCUT2D eigenvalue weighted by Crippen LogP contribution is -2.65. The van der Waals surface area contributed by atoms with E-state index < -0.39 is 209 Å². The van der Waals surface area contributed by atoms with Crippen LogP contribution in [0.25, 0.3) is 0 Å². The molecule has 0 aliphatic carbocycles. The minimum absolute atomic E-state index is 0.0212. The molecule has 0 aromatic heterocycles. The number of hydrogen-bond donors (Lipinski definition) is 19. The molecule has 97 heavy (non-hydrogen) atoms. The molecule has 1 aromatic carbocycles. The van der Waals surface area contributed by atoms with Crippen molar-refractivity contribution in [1.82, 2.24) is 69.1 Å². The summed E-state index contributed by atoms with van der Waals surface area (Å²) in [6, 6.07) is -11.6. The van der Waals surface area contributed by atoms with Gasteiger partial charge >= 0.3 is 6.09 Å². The van der Waals surface area contributed by atoms with Crippen LogP contribution < -0.4 is 74.9 Å². The summed E-state index contributed by atoms with van der Waals surface area (Å²) in [5.74, 6) is -14.0. The van der Waals surface area contributed by atoms with Gasteiger partial charge in [0.2, 0.25) is 65.0 Å². The van der Waals surface area contributed by atoms with Crippen molar-refractivity contribution in [2.45, 2.75) is 240 Å². The molecule has 0 radical (unpaired) electrons. The van der Waals surface area contributed by atoms with Gasteiger partial charge in [0.25, 0.3) is 0 Å². The first-order valence-electron chi connectivity index (χ1n) is 32.7. The van der Waals surface area contributed by atoms with Gasteiger partial charge < -0.3 is 100 Å². The van der Waals surface area contributed by atoms with E-state index >= 15 is 14.4 Å². The fraction of sp³-hybridized carbons (Fsp3) is 0.708. The van der Waals surface area contributed by atoms with Crippen LogP contribution in [-0.4, -0.2) is 202 Å². The van der Waals surface area contributed by atoms with Gasteiger partial charge in [-0.15, -0.1) is 0 Å². The zero-order chi connectivity index (χ0) is 74.2. The molecule has 548 valence electrons. The summed E-state index contributed by atoms with van der Waals surface area (Å²) in [5, 5.41) is 84.3. The number of aliphatic hydroxyl groups excluding tert-OH is 4. The second kappa shape index (κ2) is 38.1. The SMILES string of the molecule is CC[C@H](C)[C@@H]1NC(=O)[C@@H](CCCNC(=N)N)NC(=O)[C@H](CC(C)(C)C)NC(=O)[C@H]([C@H](O)C(C)C)NC(=O)[C@@H](NC(=O)[C@H](CC(C)(C)C)NC(=O)[C@@H](CC(C)(C)C)NC(=O)OC(C)(C)C)[C@@H](c2ccccc2)NC(=O)C(CO)NC(=O)[C@H](CO)NC(=O)CNC(=O)[C@H]([C@H](C)O)NC1=O. The highest BCUT2D eigenvalue weighted by Gasteiger charge is 2.43. The fourth-order valence-corrected chi connectivity index (χ4v) is 10.1. The molecule has 1 saturated heterocycles. The Balaban J connectivity index is 3.17. The van der Waals surface area contributed by atoms with Crippen LogP contribution in [0.2, 0.25) is 0 Å². The number of guanidine groups is 1. The molecule has 0 bridgehead atoms. The van der Waals surface area contributed by atoms with E-state index in [1.165, 1.54) is 38.1 Å². The van der Waals surface area contributed by atoms with Gasteiger partial charge in [0, 0.05) is 6.54 Å². The maximum absolute atomic E-state index is 15.7. The summed E-state index contributed by atoms with van der Waals surface area (Å²) in [7, 11) is 0. The van der Waals surface area contributed by atoms with E-state index in [1.807, 2.05) is 20.8 Å². The summed E-state index contributed by atoms with van der Waals surface area (Å²) in [5.41, 5.74) is 2.41. The molecule has 2 rings (SSSR count). The van der Waals surface area contributed by atoms with Crippen molar-refractivity contribution >= 4 is 77.0 Å². The second-order valence-corrected chi connectivity index (χ2v) is 29.6. The first-order valence-corrected chi connectivity index (χ1v) is 32.7. The maximum Gasteiger partial charge on any atom is 0.408 e. The fourth-order valence-electron chi connectivity index (χ4n) is 10.1. The van der Waals surface area contributed by atoms with E-state index in [0.717, 1.165) is 6.92 Å². The molecule has 1 unspecified atom stereocenters. The lowest BCUT2D eigenvalue weighted by molar-refractivity contribution is -0.139. The number of aliphatic hydroxyl groups is 4. The molecule has 0 spiro atoms. The maximum atomic E-state index is 15.7. The molecule has 32 nitrogen and oxygen atoms in total. The van der Waals surface area contributed by atoms with Crippen LogP contribution in [-0.2, 0) is 57.5 Å². The van der Waals surface area contributed by atoms with Crippen molar-refractivity contribution in [1.29, 1.82) is 5.41 Å². The highest BCUT2D eigenvalue weighted by molar-refractivity contribution is 6.00. The van der Waals surface area contributed by atoms with Gasteiger partial charge in [0.15, 0.2) is 5.96 Å². The van der Waals surface area contributed by atoms with Crippen molar-refractivity contribution < 1.29 is 82.7 Å². The monoisotopic (exact) mass is 1370 g/mol. The summed E-state index contributed by atoms with van der Waals surface area (Å²) < 4.78 is 5.48. The first-order chi connectivity index (χ1) is 44.7. The third-order valence-electron chi connectivity index (χ3n) is 15.2. The Kier molecular flexibility index (Phi) is 33.3. The third kappa shape index (κ3) is 30.4. The number of carbonyl (C=O) groups excluding carboxylic acids is 12. The standard InChI is InChI=1S/C65H111N15O17/c1-18-34(4)44-57(93)77-45(35(5)83)56(92)69-30-43(84)70-41(31-81)54(90)74-42(32-82)55(91)78-46(36-23-20-19-21-24-36)47(79-53(89)39(28-63(9,10)11)72-52(88)40(29-64(12,13)14)75-61(96)97-65(15,16)17)58(94)80-48(49(85)33(2)3)59(95)73-38(27-62(6,7)8)51(87)71-37(50(86)76-44)25-22-26-68-60(66)67/h19-21,23-24,33-35,37-42,44-49,81-83,85H,18,22,25-32H2,1-17H3,(H,69,92)(H,70,84)(H,71,87)(H,72,88)(H,73,95)(H,74,90)(H,75,96)(H,76,86)(H,77,93)(H,78,91)(H,79,89)(H,80,94)(H4,66,67,68)/t34-,35-,37+,38-,39-,40+,41-,42?,44-,45-,46+,47-,48-,49+/m0/s1. The van der Waals surface area contributed by atoms with Crippen molar-refractivity contribution in [3.05, 3.63) is 35.9 Å². The molecule has 1 fully saturated rings. The van der Waals surface area contributed by atoms with Crippen molar-refractivity contribution in [3.8, 4) is 0 Å². The lowest BCUT2D eigenvalue weighted by Gasteiger charge is -2.35. The molecule has 12 amide bonds. The Labute approximate surface area is 568 Å². The number of nitrogens with two attached hydrogens (primary N) is 1. The van der Waals surface area contributed by atoms with Gasteiger partial charge in [-0.1, -0.05) is 127 Å². The van der Waals surface area contributed by atoms with Crippen LogP contribution in [0.5, 0.6) is 0 Å². The highest BCUT2D eigenvalue weighted by atomic mass is 16.6. The average molecular weight is 1370 g/mol. The van der Waals surface area contributed by atoms with Gasteiger partial charge in [-0.3, -0.25) is 58.1 Å². The number of rotatable bonds is 20. The smallest absolute Gasteiger partial charge is 0.408 e. The molecule has 0 saturated carbocycles. The highest BCUT2D eigenvalue weighted by Crippen LogP contribution is 2.27. The Hall–Kier alpha value is -8.23. The molecular weight excluding hydrogens is 1260 g/mol. The Morgan fingerprint density at radius 1 is 0.598 bits per heavy atom. The number of alkyl carbamates (subject to hydrolysis) is 1. The van der Waals surface area contributed by atoms with Crippen LogP contribution in [0.1, 0.15) is 168 Å². The van der Waals surface area contributed by atoms with Crippen LogP contribution >= 0.6 is 0 Å². The molecule has 1 aromatic rings. The molecular formula is C65H111N15O17. The number of carbonyl (C=O) groups is 12. The number of hydrogen-bond acceptors (Lipinski definition) is 18. The minimum atomic E-state index is -2.11. The normalized spacial score (nSPS) is 23.9. The van der Waals surface area contributed by atoms with E-state index in [9.17, 15) is 63.6 Å². The van der Waals surface area contributed by atoms with Gasteiger partial charge in [0.1, 0.15) is 66.0 Å². The van der Waals surface area contributed by atoms with E-state index in [0.29, 0.717) is 0 Å². The molecule has 1 heterocycles. The summed E-state index contributed by atoms with van der Waals surface area (Å²) in [4.78, 5) is 173. The van der Waals surface area contributed by atoms with Gasteiger partial charge in [-0.05, 0) is 93.4 Å². The molecule has 32 heteroatoms. The Bertz CT molecular complexity index is 2870. The summed E-state index contributed by atoms with van der Waals surface area (Å²) >= 11 is 0. The van der Waals surface area contributed by atoms with Crippen LogP contribution in [0.4, 0.5) is 4.79 Å². The van der Waals surface area contributed by atoms with Gasteiger partial charge in [-0.25, -0.2) is 4.79 Å². The number of ether oxygens (including phenoxy) is 1. The van der Waals surface area contributed by atoms with Crippen LogP contribution in [0, 0.1) is 33.5 Å². The van der Waals surface area contributed by atoms with Crippen molar-refractivity contribution in [3.63, 3.8) is 0 Å². The largest absolute Gasteiger partial charge is 0.444 e. The Morgan fingerprint density at radius 3 is 1.59 bits per heavy atom. The number of amides is 12. The average Bonchev–Trinajstić information content (AvgIpc) is 0.834. The number of benzene rings is 1. The van der Waals surface area contributed by atoms with Crippen LogP contribution in [0.15, 0.2) is 30.3 Å². The van der Waals surface area contributed by atoms with Crippen LogP contribution in [0.3, 0.4) is 0 Å². The molecule has 20 N–H and O–H groups in total. The predicted octanol–water partition coefficient (Wildman–Crippen LogP) is -1.77. The molecule has 14 atom stereocenters. The molecule has 1 aliphatic heterocycles. The second-order valence-electron chi connectivity index (χ2n) is 29.6. The van der Waals surface area contributed by atoms with Gasteiger partial charge in [-0.2, -0.15) is 0 Å². The van der Waals surface area contributed by atoms with E-state index in [1.54, 1.807) is 82.2 Å².